The molecule has 17 heavy (non-hydrogen) atoms. The first-order valence-electron chi connectivity index (χ1n) is 5.41. The molecule has 0 unspecified atom stereocenters. The van der Waals surface area contributed by atoms with E-state index in [0.717, 1.165) is 17.1 Å². The molecule has 0 aromatic heterocycles. The summed E-state index contributed by atoms with van der Waals surface area (Å²) in [7, 11) is 0. The molecular weight excluding hydrogens is 233 g/mol. The van der Waals surface area contributed by atoms with Crippen LogP contribution in [0.2, 0.25) is 0 Å². The van der Waals surface area contributed by atoms with Gasteiger partial charge in [-0.1, -0.05) is 36.4 Å². The van der Waals surface area contributed by atoms with Gasteiger partial charge in [-0.15, -0.1) is 0 Å². The SMILES string of the molecule is Nc1ccc(CSCc2ccccc2)cc1F. The molecule has 1 nitrogen and oxygen atoms in total. The van der Waals surface area contributed by atoms with Crippen LogP contribution in [0.3, 0.4) is 0 Å². The lowest BCUT2D eigenvalue weighted by Gasteiger charge is -2.04. The molecule has 0 atom stereocenters. The number of thioether (sulfide) groups is 1. The number of anilines is 1. The van der Waals surface area contributed by atoms with Crippen molar-refractivity contribution in [1.82, 2.24) is 0 Å². The van der Waals surface area contributed by atoms with E-state index in [0.29, 0.717) is 0 Å². The Bertz CT molecular complexity index is 485. The third kappa shape index (κ3) is 3.49. The maximum atomic E-state index is 13.2. The summed E-state index contributed by atoms with van der Waals surface area (Å²) < 4.78 is 13.2. The molecule has 0 aliphatic carbocycles. The van der Waals surface area contributed by atoms with Crippen LogP contribution in [0.1, 0.15) is 11.1 Å². The lowest BCUT2D eigenvalue weighted by atomic mass is 10.2. The van der Waals surface area contributed by atoms with Crippen molar-refractivity contribution in [1.29, 1.82) is 0 Å². The van der Waals surface area contributed by atoms with Crippen molar-refractivity contribution in [3.8, 4) is 0 Å². The summed E-state index contributed by atoms with van der Waals surface area (Å²) >= 11 is 1.77. The quantitative estimate of drug-likeness (QED) is 0.831. The van der Waals surface area contributed by atoms with Crippen molar-refractivity contribution in [2.24, 2.45) is 0 Å². The zero-order chi connectivity index (χ0) is 12.1. The number of nitrogens with two attached hydrogens (primary N) is 1. The summed E-state index contributed by atoms with van der Waals surface area (Å²) in [5.74, 6) is 1.40. The molecule has 2 aromatic rings. The molecule has 0 saturated carbocycles. The van der Waals surface area contributed by atoms with Gasteiger partial charge >= 0.3 is 0 Å². The fourth-order valence-electron chi connectivity index (χ4n) is 1.52. The third-order valence-corrected chi connectivity index (χ3v) is 3.52. The van der Waals surface area contributed by atoms with Crippen molar-refractivity contribution < 1.29 is 4.39 Å². The Balaban J connectivity index is 1.88. The number of halogens is 1. The topological polar surface area (TPSA) is 26.0 Å². The first kappa shape index (κ1) is 12.0. The van der Waals surface area contributed by atoms with Crippen LogP contribution < -0.4 is 5.73 Å². The molecule has 88 valence electrons. The fourth-order valence-corrected chi connectivity index (χ4v) is 2.47. The normalized spacial score (nSPS) is 10.4. The van der Waals surface area contributed by atoms with Crippen molar-refractivity contribution >= 4 is 17.4 Å². The number of benzene rings is 2. The Labute approximate surface area is 105 Å². The molecule has 0 spiro atoms. The highest BCUT2D eigenvalue weighted by Crippen LogP contribution is 2.20. The minimum atomic E-state index is -0.331. The van der Waals surface area contributed by atoms with Crippen molar-refractivity contribution in [3.63, 3.8) is 0 Å². The standard InChI is InChI=1S/C14H14FNS/c15-13-8-12(6-7-14(13)16)10-17-9-11-4-2-1-3-5-11/h1-8H,9-10,16H2. The van der Waals surface area contributed by atoms with E-state index in [-0.39, 0.29) is 11.5 Å². The van der Waals surface area contributed by atoms with Gasteiger partial charge in [0, 0.05) is 11.5 Å². The fraction of sp³-hybridized carbons (Fsp3) is 0.143. The number of rotatable bonds is 4. The molecule has 0 aliphatic heterocycles. The molecule has 2 N–H and O–H groups in total. The second-order valence-electron chi connectivity index (χ2n) is 3.83. The van der Waals surface area contributed by atoms with Gasteiger partial charge < -0.3 is 5.73 Å². The van der Waals surface area contributed by atoms with Crippen molar-refractivity contribution in [3.05, 3.63) is 65.5 Å². The molecule has 2 aromatic carbocycles. The van der Waals surface area contributed by atoms with Crippen LogP contribution in [-0.4, -0.2) is 0 Å². The van der Waals surface area contributed by atoms with Crippen LogP contribution in [0.4, 0.5) is 10.1 Å². The molecule has 0 bridgehead atoms. The largest absolute Gasteiger partial charge is 0.396 e. The molecule has 0 fully saturated rings. The Kier molecular flexibility index (Phi) is 4.04. The molecule has 0 aliphatic rings. The molecule has 2 rings (SSSR count). The van der Waals surface area contributed by atoms with E-state index in [1.54, 1.807) is 17.8 Å². The monoisotopic (exact) mass is 247 g/mol. The Morgan fingerprint density at radius 1 is 0.941 bits per heavy atom. The zero-order valence-corrected chi connectivity index (χ0v) is 10.2. The van der Waals surface area contributed by atoms with E-state index in [1.165, 1.54) is 11.6 Å². The summed E-state index contributed by atoms with van der Waals surface area (Å²) in [4.78, 5) is 0. The average Bonchev–Trinajstić information content (AvgIpc) is 2.35. The Hall–Kier alpha value is -1.48. The van der Waals surface area contributed by atoms with E-state index in [2.05, 4.69) is 12.1 Å². The Morgan fingerprint density at radius 3 is 2.35 bits per heavy atom. The number of hydrogen-bond donors (Lipinski definition) is 1. The first-order valence-corrected chi connectivity index (χ1v) is 6.57. The highest BCUT2D eigenvalue weighted by Gasteiger charge is 2.00. The van der Waals surface area contributed by atoms with Gasteiger partial charge in [0.1, 0.15) is 5.82 Å². The van der Waals surface area contributed by atoms with Gasteiger partial charge in [-0.05, 0) is 23.3 Å². The second-order valence-corrected chi connectivity index (χ2v) is 4.82. The van der Waals surface area contributed by atoms with Crippen LogP contribution in [0.25, 0.3) is 0 Å². The first-order chi connectivity index (χ1) is 8.25. The lowest BCUT2D eigenvalue weighted by molar-refractivity contribution is 0.631. The number of hydrogen-bond acceptors (Lipinski definition) is 2. The molecule has 0 radical (unpaired) electrons. The summed E-state index contributed by atoms with van der Waals surface area (Å²) in [6.45, 7) is 0. The molecule has 3 heteroatoms. The van der Waals surface area contributed by atoms with Crippen molar-refractivity contribution in [2.45, 2.75) is 11.5 Å². The maximum Gasteiger partial charge on any atom is 0.146 e. The van der Waals surface area contributed by atoms with Gasteiger partial charge in [-0.3, -0.25) is 0 Å². The van der Waals surface area contributed by atoms with Crippen LogP contribution >= 0.6 is 11.8 Å². The third-order valence-electron chi connectivity index (χ3n) is 2.45. The van der Waals surface area contributed by atoms with E-state index < -0.39 is 0 Å². The number of nitrogen functional groups attached to an aromatic ring is 1. The van der Waals surface area contributed by atoms with Crippen LogP contribution in [0, 0.1) is 5.82 Å². The molecule has 0 heterocycles. The average molecular weight is 247 g/mol. The van der Waals surface area contributed by atoms with Gasteiger partial charge in [0.05, 0.1) is 5.69 Å². The van der Waals surface area contributed by atoms with Gasteiger partial charge in [0.15, 0.2) is 0 Å². The van der Waals surface area contributed by atoms with E-state index in [4.69, 9.17) is 5.73 Å². The predicted molar refractivity (Wildman–Crippen MR) is 72.3 cm³/mol. The van der Waals surface area contributed by atoms with Crippen molar-refractivity contribution in [2.75, 3.05) is 5.73 Å². The van der Waals surface area contributed by atoms with Gasteiger partial charge in [-0.2, -0.15) is 11.8 Å². The highest BCUT2D eigenvalue weighted by molar-refractivity contribution is 7.97. The van der Waals surface area contributed by atoms with E-state index in [9.17, 15) is 4.39 Å². The minimum absolute atomic E-state index is 0.210. The zero-order valence-electron chi connectivity index (χ0n) is 9.40. The van der Waals surface area contributed by atoms with E-state index in [1.807, 2.05) is 24.3 Å². The minimum Gasteiger partial charge on any atom is -0.396 e. The lowest BCUT2D eigenvalue weighted by Crippen LogP contribution is -1.92. The molecule has 0 amide bonds. The van der Waals surface area contributed by atoms with Crippen LogP contribution in [0.5, 0.6) is 0 Å². The molecular formula is C14H14FNS. The van der Waals surface area contributed by atoms with Gasteiger partial charge in [0.2, 0.25) is 0 Å². The summed E-state index contributed by atoms with van der Waals surface area (Å²) in [6, 6.07) is 15.2. The summed E-state index contributed by atoms with van der Waals surface area (Å²) in [5, 5.41) is 0. The van der Waals surface area contributed by atoms with E-state index >= 15 is 0 Å². The van der Waals surface area contributed by atoms with Gasteiger partial charge in [-0.25, -0.2) is 4.39 Å². The van der Waals surface area contributed by atoms with Crippen LogP contribution in [-0.2, 0) is 11.5 Å². The predicted octanol–water partition coefficient (Wildman–Crippen LogP) is 3.84. The maximum absolute atomic E-state index is 13.2. The highest BCUT2D eigenvalue weighted by atomic mass is 32.2. The summed E-state index contributed by atoms with van der Waals surface area (Å²) in [6.07, 6.45) is 0. The molecule has 0 saturated heterocycles. The summed E-state index contributed by atoms with van der Waals surface area (Å²) in [5.41, 5.74) is 7.89. The smallest absolute Gasteiger partial charge is 0.146 e. The second kappa shape index (κ2) is 5.73. The van der Waals surface area contributed by atoms with Crippen LogP contribution in [0.15, 0.2) is 48.5 Å². The Morgan fingerprint density at radius 2 is 1.65 bits per heavy atom. The van der Waals surface area contributed by atoms with Gasteiger partial charge in [0.25, 0.3) is 0 Å².